The van der Waals surface area contributed by atoms with Gasteiger partial charge in [-0.1, -0.05) is 0 Å². The number of hydrogen-bond donors (Lipinski definition) is 3. The molecule has 0 radical (unpaired) electrons. The van der Waals surface area contributed by atoms with E-state index in [0.717, 1.165) is 12.8 Å². The normalized spacial score (nSPS) is 14.9. The molecule has 2 amide bonds. The number of H-pyrrole nitrogens is 1. The Morgan fingerprint density at radius 2 is 2.21 bits per heavy atom. The molecule has 0 unspecified atom stereocenters. The molecule has 0 aromatic carbocycles. The van der Waals surface area contributed by atoms with Gasteiger partial charge < -0.3 is 0 Å². The number of hydrogen-bond acceptors (Lipinski definition) is 3. The minimum absolute atomic E-state index is 0.0830. The van der Waals surface area contributed by atoms with Crippen molar-refractivity contribution in [2.45, 2.75) is 12.8 Å². The first-order valence-corrected chi connectivity index (χ1v) is 4.36. The monoisotopic (exact) mass is 194 g/mol. The third kappa shape index (κ3) is 1.90. The Labute approximate surface area is 80.0 Å². The fourth-order valence-electron chi connectivity index (χ4n) is 1.01. The van der Waals surface area contributed by atoms with E-state index >= 15 is 0 Å². The molecule has 2 rings (SSSR count). The van der Waals surface area contributed by atoms with Crippen molar-refractivity contribution in [2.24, 2.45) is 5.92 Å². The summed E-state index contributed by atoms with van der Waals surface area (Å²) in [4.78, 5) is 22.4. The minimum Gasteiger partial charge on any atom is -0.285 e. The van der Waals surface area contributed by atoms with Crippen LogP contribution >= 0.6 is 0 Å². The SMILES string of the molecule is O=C(NNC(=O)C1CC1)c1cn[nH]c1. The van der Waals surface area contributed by atoms with E-state index in [9.17, 15) is 9.59 Å². The van der Waals surface area contributed by atoms with Crippen LogP contribution in [0.4, 0.5) is 0 Å². The Bertz CT molecular complexity index is 342. The molecule has 0 bridgehead atoms. The largest absolute Gasteiger partial charge is 0.285 e. The number of nitrogens with zero attached hydrogens (tertiary/aromatic N) is 1. The third-order valence-electron chi connectivity index (χ3n) is 2.01. The lowest BCUT2D eigenvalue weighted by Gasteiger charge is -2.04. The van der Waals surface area contributed by atoms with Crippen LogP contribution in [0, 0.1) is 5.92 Å². The number of aromatic nitrogens is 2. The van der Waals surface area contributed by atoms with E-state index in [1.54, 1.807) is 0 Å². The van der Waals surface area contributed by atoms with Gasteiger partial charge in [-0.15, -0.1) is 0 Å². The molecule has 0 atom stereocenters. The Balaban J connectivity index is 1.80. The second-order valence-electron chi connectivity index (χ2n) is 3.20. The fourth-order valence-corrected chi connectivity index (χ4v) is 1.01. The average Bonchev–Trinajstić information content (AvgIpc) is 2.90. The molecule has 1 heterocycles. The van der Waals surface area contributed by atoms with E-state index in [2.05, 4.69) is 21.0 Å². The van der Waals surface area contributed by atoms with Crippen molar-refractivity contribution >= 4 is 11.8 Å². The third-order valence-corrected chi connectivity index (χ3v) is 2.01. The molecule has 1 aliphatic rings. The molecule has 1 aliphatic carbocycles. The van der Waals surface area contributed by atoms with Crippen molar-refractivity contribution in [1.29, 1.82) is 0 Å². The summed E-state index contributed by atoms with van der Waals surface area (Å²) in [6, 6.07) is 0. The molecule has 74 valence electrons. The smallest absolute Gasteiger partial charge is 0.272 e. The van der Waals surface area contributed by atoms with Crippen LogP contribution in [0.25, 0.3) is 0 Å². The van der Waals surface area contributed by atoms with Gasteiger partial charge in [0.05, 0.1) is 11.8 Å². The summed E-state index contributed by atoms with van der Waals surface area (Å²) in [5.74, 6) is -0.408. The molecule has 0 spiro atoms. The highest BCUT2D eigenvalue weighted by Gasteiger charge is 2.29. The Hall–Kier alpha value is -1.85. The van der Waals surface area contributed by atoms with Gasteiger partial charge in [-0.05, 0) is 12.8 Å². The zero-order valence-corrected chi connectivity index (χ0v) is 7.41. The number of carbonyl (C=O) groups is 2. The maximum Gasteiger partial charge on any atom is 0.272 e. The molecule has 1 aromatic heterocycles. The van der Waals surface area contributed by atoms with Crippen LogP contribution in [0.15, 0.2) is 12.4 Å². The van der Waals surface area contributed by atoms with Gasteiger partial charge in [0.25, 0.3) is 5.91 Å². The van der Waals surface area contributed by atoms with E-state index in [0.29, 0.717) is 5.56 Å². The average molecular weight is 194 g/mol. The van der Waals surface area contributed by atoms with Crippen LogP contribution in [0.5, 0.6) is 0 Å². The van der Waals surface area contributed by atoms with Crippen LogP contribution in [-0.4, -0.2) is 22.0 Å². The van der Waals surface area contributed by atoms with E-state index in [1.165, 1.54) is 12.4 Å². The summed E-state index contributed by atoms with van der Waals surface area (Å²) in [7, 11) is 0. The van der Waals surface area contributed by atoms with Crippen molar-refractivity contribution < 1.29 is 9.59 Å². The summed E-state index contributed by atoms with van der Waals surface area (Å²) < 4.78 is 0. The number of rotatable bonds is 2. The highest BCUT2D eigenvalue weighted by atomic mass is 16.2. The number of amides is 2. The van der Waals surface area contributed by atoms with Crippen LogP contribution < -0.4 is 10.9 Å². The maximum absolute atomic E-state index is 11.3. The van der Waals surface area contributed by atoms with Crippen molar-refractivity contribution in [3.63, 3.8) is 0 Å². The van der Waals surface area contributed by atoms with Crippen LogP contribution in [0.3, 0.4) is 0 Å². The van der Waals surface area contributed by atoms with Crippen molar-refractivity contribution in [1.82, 2.24) is 21.0 Å². The Morgan fingerprint density at radius 1 is 1.43 bits per heavy atom. The van der Waals surface area contributed by atoms with E-state index in [4.69, 9.17) is 0 Å². The molecular weight excluding hydrogens is 184 g/mol. The van der Waals surface area contributed by atoms with Gasteiger partial charge in [-0.3, -0.25) is 25.5 Å². The quantitative estimate of drug-likeness (QED) is 0.559. The second kappa shape index (κ2) is 3.49. The standard InChI is InChI=1S/C8H10N4O2/c13-7(5-1-2-5)11-12-8(14)6-3-9-10-4-6/h3-5H,1-2H2,(H,9,10)(H,11,13)(H,12,14). The predicted octanol–water partition coefficient (Wildman–Crippen LogP) is -0.419. The molecular formula is C8H10N4O2. The number of nitrogens with one attached hydrogen (secondary N) is 3. The van der Waals surface area contributed by atoms with Gasteiger partial charge in [0, 0.05) is 12.1 Å². The lowest BCUT2D eigenvalue weighted by Crippen LogP contribution is -2.42. The summed E-state index contributed by atoms with van der Waals surface area (Å²) in [5.41, 5.74) is 5.05. The molecule has 6 heteroatoms. The number of hydrazine groups is 1. The minimum atomic E-state index is -0.368. The van der Waals surface area contributed by atoms with Crippen LogP contribution in [0.1, 0.15) is 23.2 Å². The maximum atomic E-state index is 11.3. The van der Waals surface area contributed by atoms with Gasteiger partial charge >= 0.3 is 0 Å². The fraction of sp³-hybridized carbons (Fsp3) is 0.375. The zero-order chi connectivity index (χ0) is 9.97. The molecule has 6 nitrogen and oxygen atoms in total. The first-order valence-electron chi connectivity index (χ1n) is 4.36. The van der Waals surface area contributed by atoms with E-state index in [1.807, 2.05) is 0 Å². The van der Waals surface area contributed by atoms with Crippen LogP contribution in [0.2, 0.25) is 0 Å². The van der Waals surface area contributed by atoms with Gasteiger partial charge in [-0.2, -0.15) is 5.10 Å². The second-order valence-corrected chi connectivity index (χ2v) is 3.20. The first kappa shape index (κ1) is 8.74. The summed E-state index contributed by atoms with van der Waals surface area (Å²) >= 11 is 0. The van der Waals surface area contributed by atoms with Crippen molar-refractivity contribution in [3.8, 4) is 0 Å². The highest BCUT2D eigenvalue weighted by Crippen LogP contribution is 2.28. The molecule has 3 N–H and O–H groups in total. The Morgan fingerprint density at radius 3 is 2.79 bits per heavy atom. The molecule has 14 heavy (non-hydrogen) atoms. The summed E-state index contributed by atoms with van der Waals surface area (Å²) in [6.07, 6.45) is 4.66. The zero-order valence-electron chi connectivity index (χ0n) is 7.41. The van der Waals surface area contributed by atoms with Gasteiger partial charge in [0.2, 0.25) is 5.91 Å². The van der Waals surface area contributed by atoms with E-state index in [-0.39, 0.29) is 17.7 Å². The molecule has 0 aliphatic heterocycles. The number of carbonyl (C=O) groups excluding carboxylic acids is 2. The molecule has 1 saturated carbocycles. The molecule has 1 fully saturated rings. The lowest BCUT2D eigenvalue weighted by molar-refractivity contribution is -0.123. The van der Waals surface area contributed by atoms with Crippen LogP contribution in [-0.2, 0) is 4.79 Å². The lowest BCUT2D eigenvalue weighted by atomic mass is 10.3. The molecule has 0 saturated heterocycles. The van der Waals surface area contributed by atoms with Crippen molar-refractivity contribution in [3.05, 3.63) is 18.0 Å². The van der Waals surface area contributed by atoms with Crippen molar-refractivity contribution in [2.75, 3.05) is 0 Å². The summed E-state index contributed by atoms with van der Waals surface area (Å²) in [6.45, 7) is 0. The Kier molecular flexibility index (Phi) is 2.18. The van der Waals surface area contributed by atoms with Gasteiger partial charge in [-0.25, -0.2) is 0 Å². The first-order chi connectivity index (χ1) is 6.77. The van der Waals surface area contributed by atoms with Gasteiger partial charge in [0.15, 0.2) is 0 Å². The highest BCUT2D eigenvalue weighted by molar-refractivity contribution is 5.95. The molecule has 1 aromatic rings. The van der Waals surface area contributed by atoms with Gasteiger partial charge in [0.1, 0.15) is 0 Å². The topological polar surface area (TPSA) is 86.9 Å². The predicted molar refractivity (Wildman–Crippen MR) is 46.9 cm³/mol. The number of aromatic amines is 1. The van der Waals surface area contributed by atoms with E-state index < -0.39 is 0 Å². The summed E-state index contributed by atoms with van der Waals surface area (Å²) in [5, 5.41) is 6.13.